The van der Waals surface area contributed by atoms with Crippen molar-refractivity contribution in [1.82, 2.24) is 25.0 Å². The monoisotopic (exact) mass is 367 g/mol. The number of hydrogen-bond acceptors (Lipinski definition) is 7. The number of carbonyl (C=O) groups excluding carboxylic acids is 1. The highest BCUT2D eigenvalue weighted by Gasteiger charge is 2.42. The van der Waals surface area contributed by atoms with E-state index in [1.807, 2.05) is 11.6 Å². The van der Waals surface area contributed by atoms with Crippen molar-refractivity contribution in [1.29, 1.82) is 0 Å². The predicted octanol–water partition coefficient (Wildman–Crippen LogP) is -0.764. The van der Waals surface area contributed by atoms with Crippen LogP contribution in [0.3, 0.4) is 0 Å². The summed E-state index contributed by atoms with van der Waals surface area (Å²) in [4.78, 5) is 14.6. The summed E-state index contributed by atoms with van der Waals surface area (Å²) in [7, 11) is 3.62. The Bertz CT molecular complexity index is 621. The van der Waals surface area contributed by atoms with Gasteiger partial charge in [-0.3, -0.25) is 4.79 Å². The lowest BCUT2D eigenvalue weighted by Gasteiger charge is -2.40. The second-order valence-electron chi connectivity index (χ2n) is 7.45. The zero-order chi connectivity index (χ0) is 18.7. The second-order valence-corrected chi connectivity index (χ2v) is 7.45. The summed E-state index contributed by atoms with van der Waals surface area (Å²) in [5.41, 5.74) is -1.25. The number of likely N-dealkylation sites (tertiary alicyclic amines) is 1. The van der Waals surface area contributed by atoms with Crippen LogP contribution in [0.1, 0.15) is 43.3 Å². The Hall–Kier alpha value is -1.55. The minimum atomic E-state index is -1.25. The van der Waals surface area contributed by atoms with Crippen LogP contribution in [0.2, 0.25) is 0 Å². The maximum absolute atomic E-state index is 12.5. The van der Waals surface area contributed by atoms with Gasteiger partial charge in [0, 0.05) is 38.7 Å². The van der Waals surface area contributed by atoms with E-state index in [-0.39, 0.29) is 24.5 Å². The zero-order valence-electron chi connectivity index (χ0n) is 15.5. The van der Waals surface area contributed by atoms with E-state index < -0.39 is 5.60 Å². The molecule has 0 unspecified atom stereocenters. The van der Waals surface area contributed by atoms with E-state index in [1.165, 1.54) is 0 Å². The van der Waals surface area contributed by atoms with Crippen molar-refractivity contribution < 1.29 is 19.7 Å². The third kappa shape index (κ3) is 3.90. The third-order valence-electron chi connectivity index (χ3n) is 5.59. The molecular weight excluding hydrogens is 338 g/mol. The number of amides is 1. The largest absolute Gasteiger partial charge is 0.388 e. The average molecular weight is 367 g/mol. The molecule has 0 atom stereocenters. The van der Waals surface area contributed by atoms with Gasteiger partial charge in [0.2, 0.25) is 0 Å². The van der Waals surface area contributed by atoms with Crippen molar-refractivity contribution in [2.45, 2.75) is 56.4 Å². The van der Waals surface area contributed by atoms with Crippen LogP contribution >= 0.6 is 0 Å². The molecule has 1 aliphatic carbocycles. The molecule has 1 aliphatic heterocycles. The van der Waals surface area contributed by atoms with E-state index in [9.17, 15) is 15.0 Å². The van der Waals surface area contributed by atoms with Crippen molar-refractivity contribution in [3.05, 3.63) is 11.6 Å². The predicted molar refractivity (Wildman–Crippen MR) is 93.4 cm³/mol. The summed E-state index contributed by atoms with van der Waals surface area (Å²) < 4.78 is 7.01. The first-order valence-electron chi connectivity index (χ1n) is 9.20. The van der Waals surface area contributed by atoms with E-state index in [1.54, 1.807) is 7.11 Å². The quantitative estimate of drug-likeness (QED) is 0.580. The molecule has 146 valence electrons. The minimum absolute atomic E-state index is 0.0429. The van der Waals surface area contributed by atoms with E-state index in [4.69, 9.17) is 4.74 Å². The highest BCUT2D eigenvalue weighted by molar-refractivity contribution is 5.85. The Labute approximate surface area is 153 Å². The molecule has 9 nitrogen and oxygen atoms in total. The average Bonchev–Trinajstić information content (AvgIpc) is 3.00. The first-order valence-corrected chi connectivity index (χ1v) is 9.20. The molecule has 2 heterocycles. The molecule has 2 aliphatic rings. The Morgan fingerprint density at radius 2 is 2.04 bits per heavy atom. The fourth-order valence-electron chi connectivity index (χ4n) is 3.68. The second kappa shape index (κ2) is 7.99. The van der Waals surface area contributed by atoms with Crippen LogP contribution in [0.25, 0.3) is 0 Å². The topological polar surface area (TPSA) is 113 Å². The Balaban J connectivity index is 1.54. The highest BCUT2D eigenvalue weighted by Crippen LogP contribution is 2.37. The van der Waals surface area contributed by atoms with Gasteiger partial charge in [-0.1, -0.05) is 0 Å². The lowest BCUT2D eigenvalue weighted by Crippen LogP contribution is -2.57. The molecule has 2 fully saturated rings. The van der Waals surface area contributed by atoms with E-state index in [2.05, 4.69) is 20.4 Å². The molecule has 0 spiro atoms. The van der Waals surface area contributed by atoms with Crippen LogP contribution in [0.4, 0.5) is 0 Å². The number of carbonyl (C=O) groups is 1. The lowest BCUT2D eigenvalue weighted by atomic mass is 9.78. The SMILES string of the molecule is COCCn1c(CO)nnc1C1CC(NC(=O)C2(O)CCN(C)CC2)C1. The van der Waals surface area contributed by atoms with Crippen LogP contribution in [0.5, 0.6) is 0 Å². The number of rotatable bonds is 7. The van der Waals surface area contributed by atoms with Crippen LogP contribution in [0, 0.1) is 0 Å². The van der Waals surface area contributed by atoms with E-state index in [0.29, 0.717) is 31.8 Å². The summed E-state index contributed by atoms with van der Waals surface area (Å²) in [6, 6.07) is 0.0429. The number of nitrogens with zero attached hydrogens (tertiary/aromatic N) is 4. The van der Waals surface area contributed by atoms with Crippen LogP contribution in [-0.4, -0.2) is 81.3 Å². The van der Waals surface area contributed by atoms with Crippen molar-refractivity contribution in [2.75, 3.05) is 33.9 Å². The Morgan fingerprint density at radius 1 is 1.35 bits per heavy atom. The molecule has 0 bridgehead atoms. The fraction of sp³-hybridized carbons (Fsp3) is 0.824. The van der Waals surface area contributed by atoms with E-state index in [0.717, 1.165) is 31.8 Å². The van der Waals surface area contributed by atoms with Gasteiger partial charge in [-0.15, -0.1) is 10.2 Å². The van der Waals surface area contributed by atoms with Gasteiger partial charge in [0.25, 0.3) is 5.91 Å². The van der Waals surface area contributed by atoms with Crippen molar-refractivity contribution in [2.24, 2.45) is 0 Å². The number of aliphatic hydroxyl groups excluding tert-OH is 1. The smallest absolute Gasteiger partial charge is 0.252 e. The fourth-order valence-corrected chi connectivity index (χ4v) is 3.68. The molecule has 0 aromatic carbocycles. The van der Waals surface area contributed by atoms with Crippen LogP contribution in [-0.2, 0) is 22.7 Å². The maximum Gasteiger partial charge on any atom is 0.252 e. The minimum Gasteiger partial charge on any atom is -0.388 e. The van der Waals surface area contributed by atoms with Gasteiger partial charge < -0.3 is 29.7 Å². The van der Waals surface area contributed by atoms with E-state index >= 15 is 0 Å². The molecule has 3 rings (SSSR count). The van der Waals surface area contributed by atoms with Gasteiger partial charge >= 0.3 is 0 Å². The zero-order valence-corrected chi connectivity index (χ0v) is 15.5. The van der Waals surface area contributed by atoms with Gasteiger partial charge in [0.15, 0.2) is 5.82 Å². The van der Waals surface area contributed by atoms with Gasteiger partial charge in [-0.25, -0.2) is 0 Å². The summed E-state index contributed by atoms with van der Waals surface area (Å²) in [5, 5.41) is 31.2. The number of ether oxygens (including phenoxy) is 1. The first-order chi connectivity index (χ1) is 12.5. The molecule has 26 heavy (non-hydrogen) atoms. The summed E-state index contributed by atoms with van der Waals surface area (Å²) in [6.07, 6.45) is 2.46. The molecule has 1 amide bonds. The number of methoxy groups -OCH3 is 1. The first kappa shape index (κ1) is 19.2. The molecule has 1 saturated carbocycles. The summed E-state index contributed by atoms with van der Waals surface area (Å²) in [5.74, 6) is 1.29. The number of nitrogens with one attached hydrogen (secondary N) is 1. The number of aromatic nitrogens is 3. The number of aliphatic hydroxyl groups is 2. The third-order valence-corrected chi connectivity index (χ3v) is 5.59. The molecule has 1 saturated heterocycles. The van der Waals surface area contributed by atoms with Gasteiger partial charge in [0.05, 0.1) is 6.61 Å². The van der Waals surface area contributed by atoms with Crippen molar-refractivity contribution in [3.8, 4) is 0 Å². The van der Waals surface area contributed by atoms with Crippen molar-refractivity contribution in [3.63, 3.8) is 0 Å². The molecule has 0 radical (unpaired) electrons. The molecule has 3 N–H and O–H groups in total. The standard InChI is InChI=1S/C17H29N5O4/c1-21-5-3-17(25,4-6-21)16(24)18-13-9-12(10-13)15-20-19-14(11-23)22(15)7-8-26-2/h12-13,23,25H,3-11H2,1-2H3,(H,18,24). The van der Waals surface area contributed by atoms with Gasteiger partial charge in [-0.05, 0) is 32.7 Å². The van der Waals surface area contributed by atoms with Gasteiger partial charge in [0.1, 0.15) is 18.0 Å². The number of hydrogen-bond donors (Lipinski definition) is 3. The summed E-state index contributed by atoms with van der Waals surface area (Å²) >= 11 is 0. The van der Waals surface area contributed by atoms with Crippen LogP contribution < -0.4 is 5.32 Å². The molecular formula is C17H29N5O4. The molecule has 9 heteroatoms. The lowest BCUT2D eigenvalue weighted by molar-refractivity contribution is -0.145. The summed E-state index contributed by atoms with van der Waals surface area (Å²) in [6.45, 7) is 2.40. The maximum atomic E-state index is 12.5. The van der Waals surface area contributed by atoms with Crippen LogP contribution in [0.15, 0.2) is 0 Å². The highest BCUT2D eigenvalue weighted by atomic mass is 16.5. The van der Waals surface area contributed by atoms with Gasteiger partial charge in [-0.2, -0.15) is 0 Å². The number of piperidine rings is 1. The normalized spacial score (nSPS) is 25.7. The molecule has 1 aromatic rings. The Kier molecular flexibility index (Phi) is 5.91. The Morgan fingerprint density at radius 3 is 2.65 bits per heavy atom. The molecule has 1 aromatic heterocycles. The van der Waals surface area contributed by atoms with Crippen molar-refractivity contribution >= 4 is 5.91 Å².